The molecule has 0 radical (unpaired) electrons. The Hall–Kier alpha value is -1.95. The number of anilines is 1. The summed E-state index contributed by atoms with van der Waals surface area (Å²) in [4.78, 5) is 4.33. The van der Waals surface area contributed by atoms with Crippen molar-refractivity contribution in [2.75, 3.05) is 26.6 Å². The average Bonchev–Trinajstić information content (AvgIpc) is 2.52. The average molecular weight is 353 g/mol. The summed E-state index contributed by atoms with van der Waals surface area (Å²) in [5.41, 5.74) is 1.64. The summed E-state index contributed by atoms with van der Waals surface area (Å²) in [5, 5.41) is 3.29. The van der Waals surface area contributed by atoms with Gasteiger partial charge in [-0.3, -0.25) is 4.98 Å². The summed E-state index contributed by atoms with van der Waals surface area (Å²) in [6, 6.07) is 7.53. The largest absolute Gasteiger partial charge is 0.495 e. The van der Waals surface area contributed by atoms with Crippen LogP contribution < -0.4 is 19.5 Å². The number of halogens is 1. The fourth-order valence-corrected chi connectivity index (χ4v) is 2.33. The van der Waals surface area contributed by atoms with Crippen molar-refractivity contribution in [3.05, 3.63) is 40.6 Å². The van der Waals surface area contributed by atoms with Gasteiger partial charge >= 0.3 is 0 Å². The fraction of sp³-hybridized carbons (Fsp3) is 0.267. The van der Waals surface area contributed by atoms with Crippen molar-refractivity contribution >= 4 is 21.6 Å². The molecule has 0 bridgehead atoms. The first-order valence-electron chi connectivity index (χ1n) is 6.33. The number of ether oxygens (including phenoxy) is 3. The first-order chi connectivity index (χ1) is 10.2. The number of hydrogen-bond donors (Lipinski definition) is 1. The summed E-state index contributed by atoms with van der Waals surface area (Å²) in [7, 11) is 4.84. The highest BCUT2D eigenvalue weighted by atomic mass is 79.9. The number of nitrogens with one attached hydrogen (secondary N) is 1. The molecule has 0 spiro atoms. The molecule has 0 aliphatic heterocycles. The zero-order valence-corrected chi connectivity index (χ0v) is 13.7. The topological polar surface area (TPSA) is 52.6 Å². The highest BCUT2D eigenvalue weighted by Gasteiger charge is 2.12. The number of aromatic nitrogens is 1. The number of methoxy groups -OCH3 is 3. The molecule has 0 aliphatic rings. The SMILES string of the molecule is COc1ccc(Br)cc1NCc1nccc(OC)c1OC. The van der Waals surface area contributed by atoms with Crippen molar-refractivity contribution in [1.82, 2.24) is 4.98 Å². The van der Waals surface area contributed by atoms with Gasteiger partial charge in [0.25, 0.3) is 0 Å². The van der Waals surface area contributed by atoms with Crippen molar-refractivity contribution in [2.24, 2.45) is 0 Å². The molecule has 5 nitrogen and oxygen atoms in total. The van der Waals surface area contributed by atoms with Gasteiger partial charge in [-0.15, -0.1) is 0 Å². The van der Waals surface area contributed by atoms with E-state index in [0.29, 0.717) is 18.0 Å². The quantitative estimate of drug-likeness (QED) is 0.862. The van der Waals surface area contributed by atoms with E-state index in [4.69, 9.17) is 14.2 Å². The monoisotopic (exact) mass is 352 g/mol. The number of benzene rings is 1. The van der Waals surface area contributed by atoms with Crippen molar-refractivity contribution in [3.63, 3.8) is 0 Å². The molecule has 1 aromatic carbocycles. The first kappa shape index (κ1) is 15.4. The van der Waals surface area contributed by atoms with Crippen LogP contribution >= 0.6 is 15.9 Å². The van der Waals surface area contributed by atoms with Crippen LogP contribution in [0.15, 0.2) is 34.9 Å². The van der Waals surface area contributed by atoms with E-state index in [1.54, 1.807) is 33.6 Å². The molecule has 6 heteroatoms. The van der Waals surface area contributed by atoms with E-state index < -0.39 is 0 Å². The third kappa shape index (κ3) is 3.58. The van der Waals surface area contributed by atoms with Crippen molar-refractivity contribution in [1.29, 1.82) is 0 Å². The third-order valence-electron chi connectivity index (χ3n) is 2.97. The molecule has 0 atom stereocenters. The van der Waals surface area contributed by atoms with Crippen LogP contribution in [-0.4, -0.2) is 26.3 Å². The van der Waals surface area contributed by atoms with E-state index in [1.807, 2.05) is 18.2 Å². The molecule has 1 N–H and O–H groups in total. The van der Waals surface area contributed by atoms with E-state index in [0.717, 1.165) is 21.6 Å². The highest BCUT2D eigenvalue weighted by molar-refractivity contribution is 9.10. The van der Waals surface area contributed by atoms with Gasteiger partial charge in [0.05, 0.1) is 33.6 Å². The van der Waals surface area contributed by atoms with E-state index in [9.17, 15) is 0 Å². The van der Waals surface area contributed by atoms with Crippen LogP contribution in [0.1, 0.15) is 5.69 Å². The van der Waals surface area contributed by atoms with Crippen LogP contribution in [0.25, 0.3) is 0 Å². The minimum Gasteiger partial charge on any atom is -0.495 e. The van der Waals surface area contributed by atoms with Gasteiger partial charge in [0, 0.05) is 16.7 Å². The maximum atomic E-state index is 5.37. The zero-order chi connectivity index (χ0) is 15.2. The van der Waals surface area contributed by atoms with E-state index in [1.165, 1.54) is 0 Å². The Morgan fingerprint density at radius 1 is 1.05 bits per heavy atom. The predicted molar refractivity (Wildman–Crippen MR) is 85.4 cm³/mol. The van der Waals surface area contributed by atoms with E-state index in [-0.39, 0.29) is 0 Å². The standard InChI is InChI=1S/C15H17BrN2O3/c1-19-13-5-4-10(16)8-11(13)18-9-12-15(21-3)14(20-2)6-7-17-12/h4-8,18H,9H2,1-3H3. The Bertz CT molecular complexity index is 620. The molecule has 1 heterocycles. The Balaban J connectivity index is 2.22. The maximum Gasteiger partial charge on any atom is 0.184 e. The minimum absolute atomic E-state index is 0.493. The molecule has 2 aromatic rings. The summed E-state index contributed by atoms with van der Waals surface area (Å²) < 4.78 is 16.9. The fourth-order valence-electron chi connectivity index (χ4n) is 1.97. The molecule has 1 aromatic heterocycles. The normalized spacial score (nSPS) is 10.1. The van der Waals surface area contributed by atoms with Gasteiger partial charge < -0.3 is 19.5 Å². The van der Waals surface area contributed by atoms with Crippen molar-refractivity contribution in [2.45, 2.75) is 6.54 Å². The van der Waals surface area contributed by atoms with Crippen LogP contribution in [0.4, 0.5) is 5.69 Å². The lowest BCUT2D eigenvalue weighted by atomic mass is 10.2. The second-order valence-electron chi connectivity index (χ2n) is 4.19. The third-order valence-corrected chi connectivity index (χ3v) is 3.47. The number of pyridine rings is 1. The van der Waals surface area contributed by atoms with Gasteiger partial charge in [0.15, 0.2) is 11.5 Å². The minimum atomic E-state index is 0.493. The summed E-state index contributed by atoms with van der Waals surface area (Å²) in [6.45, 7) is 0.493. The zero-order valence-electron chi connectivity index (χ0n) is 12.1. The van der Waals surface area contributed by atoms with Gasteiger partial charge in [0.1, 0.15) is 11.4 Å². The smallest absolute Gasteiger partial charge is 0.184 e. The van der Waals surface area contributed by atoms with Crippen LogP contribution in [0.2, 0.25) is 0 Å². The molecule has 112 valence electrons. The van der Waals surface area contributed by atoms with Crippen LogP contribution in [0.5, 0.6) is 17.2 Å². The molecule has 0 fully saturated rings. The van der Waals surface area contributed by atoms with Gasteiger partial charge in [-0.25, -0.2) is 0 Å². The Morgan fingerprint density at radius 3 is 2.48 bits per heavy atom. The molecule has 0 amide bonds. The van der Waals surface area contributed by atoms with Gasteiger partial charge in [-0.1, -0.05) is 15.9 Å². The molecule has 0 saturated carbocycles. The number of hydrogen-bond acceptors (Lipinski definition) is 5. The maximum absolute atomic E-state index is 5.37. The van der Waals surface area contributed by atoms with E-state index in [2.05, 4.69) is 26.2 Å². The summed E-state index contributed by atoms with van der Waals surface area (Å²) >= 11 is 3.45. The number of nitrogens with zero attached hydrogens (tertiary/aromatic N) is 1. The van der Waals surface area contributed by atoms with Crippen molar-refractivity contribution < 1.29 is 14.2 Å². The van der Waals surface area contributed by atoms with Crippen LogP contribution in [-0.2, 0) is 6.54 Å². The van der Waals surface area contributed by atoms with Crippen LogP contribution in [0.3, 0.4) is 0 Å². The Labute approximate surface area is 132 Å². The summed E-state index contributed by atoms with van der Waals surface area (Å²) in [6.07, 6.45) is 1.69. The molecule has 0 unspecified atom stereocenters. The molecular formula is C15H17BrN2O3. The van der Waals surface area contributed by atoms with Gasteiger partial charge in [-0.05, 0) is 18.2 Å². The first-order valence-corrected chi connectivity index (χ1v) is 7.12. The lowest BCUT2D eigenvalue weighted by Gasteiger charge is -2.14. The van der Waals surface area contributed by atoms with Gasteiger partial charge in [-0.2, -0.15) is 0 Å². The summed E-state index contributed by atoms with van der Waals surface area (Å²) in [5.74, 6) is 2.05. The highest BCUT2D eigenvalue weighted by Crippen LogP contribution is 2.31. The number of rotatable bonds is 6. The molecule has 0 saturated heterocycles. The molecule has 2 rings (SSSR count). The second kappa shape index (κ2) is 7.17. The van der Waals surface area contributed by atoms with Crippen molar-refractivity contribution in [3.8, 4) is 17.2 Å². The lowest BCUT2D eigenvalue weighted by Crippen LogP contribution is -2.06. The predicted octanol–water partition coefficient (Wildman–Crippen LogP) is 3.48. The molecule has 21 heavy (non-hydrogen) atoms. The Morgan fingerprint density at radius 2 is 1.81 bits per heavy atom. The molecular weight excluding hydrogens is 336 g/mol. The van der Waals surface area contributed by atoms with E-state index >= 15 is 0 Å². The lowest BCUT2D eigenvalue weighted by molar-refractivity contribution is 0.350. The molecule has 0 aliphatic carbocycles. The second-order valence-corrected chi connectivity index (χ2v) is 5.11. The van der Waals surface area contributed by atoms with Gasteiger partial charge in [0.2, 0.25) is 0 Å². The Kier molecular flexibility index (Phi) is 5.27. The van der Waals surface area contributed by atoms with Crippen LogP contribution in [0, 0.1) is 0 Å².